The van der Waals surface area contributed by atoms with E-state index in [-0.39, 0.29) is 5.84 Å². The quantitative estimate of drug-likeness (QED) is 0.801. The average molecular weight is 268 g/mol. The van der Waals surface area contributed by atoms with E-state index in [1.807, 2.05) is 0 Å². The Bertz CT molecular complexity index is 559. The molecule has 7 heteroatoms. The van der Waals surface area contributed by atoms with Gasteiger partial charge in [0.1, 0.15) is 25.1 Å². The zero-order valence-electron chi connectivity index (χ0n) is 9.27. The molecular formula is C11H10ClN3O3. The van der Waals surface area contributed by atoms with Crippen LogP contribution in [0.15, 0.2) is 17.1 Å². The molecule has 3 N–H and O–H groups in total. The zero-order chi connectivity index (χ0) is 12.7. The van der Waals surface area contributed by atoms with Crippen molar-refractivity contribution in [2.24, 2.45) is 10.7 Å². The van der Waals surface area contributed by atoms with E-state index in [1.54, 1.807) is 12.1 Å². The number of nitrogens with one attached hydrogen (secondary N) is 1. The standard InChI is InChI=1S/C11H10ClN3O3/c12-6-3-5(8-10(13)15-11(16)14-8)4-7-9(6)18-2-1-17-7/h3-4,8H,1-2H2,(H3,13,14,15,16). The van der Waals surface area contributed by atoms with Crippen molar-refractivity contribution in [3.05, 3.63) is 22.7 Å². The van der Waals surface area contributed by atoms with Gasteiger partial charge in [-0.05, 0) is 17.7 Å². The van der Waals surface area contributed by atoms with Gasteiger partial charge >= 0.3 is 6.03 Å². The van der Waals surface area contributed by atoms with Crippen molar-refractivity contribution in [3.63, 3.8) is 0 Å². The van der Waals surface area contributed by atoms with Crippen molar-refractivity contribution in [1.82, 2.24) is 5.32 Å². The molecule has 1 unspecified atom stereocenters. The second-order valence-corrected chi connectivity index (χ2v) is 4.35. The maximum absolute atomic E-state index is 11.1. The first-order valence-electron chi connectivity index (χ1n) is 5.39. The number of amides is 2. The molecule has 0 aromatic heterocycles. The molecule has 0 saturated heterocycles. The number of nitrogens with two attached hydrogens (primary N) is 1. The molecule has 2 aliphatic heterocycles. The SMILES string of the molecule is NC1=NC(=O)NC1c1cc(Cl)c2c(c1)OCCO2. The van der Waals surface area contributed by atoms with E-state index in [2.05, 4.69) is 10.3 Å². The van der Waals surface area contributed by atoms with Gasteiger partial charge in [-0.3, -0.25) is 0 Å². The largest absolute Gasteiger partial charge is 0.486 e. The minimum absolute atomic E-state index is 0.216. The van der Waals surface area contributed by atoms with Crippen LogP contribution < -0.4 is 20.5 Å². The Kier molecular flexibility index (Phi) is 2.52. The molecule has 0 saturated carbocycles. The van der Waals surface area contributed by atoms with Crippen LogP contribution in [0, 0.1) is 0 Å². The number of ether oxygens (including phenoxy) is 2. The summed E-state index contributed by atoms with van der Waals surface area (Å²) in [6.07, 6.45) is 0. The number of hydrogen-bond acceptors (Lipinski definition) is 4. The Morgan fingerprint density at radius 3 is 2.89 bits per heavy atom. The van der Waals surface area contributed by atoms with Gasteiger partial charge in [-0.25, -0.2) is 4.79 Å². The van der Waals surface area contributed by atoms with Crippen molar-refractivity contribution < 1.29 is 14.3 Å². The predicted molar refractivity (Wildman–Crippen MR) is 65.3 cm³/mol. The Balaban J connectivity index is 2.01. The summed E-state index contributed by atoms with van der Waals surface area (Å²) >= 11 is 6.11. The number of carbonyl (C=O) groups is 1. The third-order valence-electron chi connectivity index (χ3n) is 2.75. The molecule has 1 aromatic rings. The van der Waals surface area contributed by atoms with Crippen molar-refractivity contribution >= 4 is 23.5 Å². The van der Waals surface area contributed by atoms with E-state index < -0.39 is 12.1 Å². The lowest BCUT2D eigenvalue weighted by atomic mass is 10.1. The van der Waals surface area contributed by atoms with Crippen LogP contribution in [-0.4, -0.2) is 25.1 Å². The van der Waals surface area contributed by atoms with Gasteiger partial charge in [0.25, 0.3) is 0 Å². The van der Waals surface area contributed by atoms with Gasteiger partial charge in [0.2, 0.25) is 0 Å². The number of urea groups is 1. The topological polar surface area (TPSA) is 85.9 Å². The highest BCUT2D eigenvalue weighted by Gasteiger charge is 2.27. The minimum atomic E-state index is -0.467. The van der Waals surface area contributed by atoms with E-state index >= 15 is 0 Å². The maximum atomic E-state index is 11.1. The van der Waals surface area contributed by atoms with Gasteiger partial charge in [-0.15, -0.1) is 0 Å². The number of hydrogen-bond donors (Lipinski definition) is 2. The summed E-state index contributed by atoms with van der Waals surface area (Å²) < 4.78 is 10.9. The van der Waals surface area contributed by atoms with E-state index in [4.69, 9.17) is 26.8 Å². The first kappa shape index (κ1) is 11.2. The molecule has 6 nitrogen and oxygen atoms in total. The Morgan fingerprint density at radius 1 is 1.39 bits per heavy atom. The fourth-order valence-corrected chi connectivity index (χ4v) is 2.24. The number of nitrogens with zero attached hydrogens (tertiary/aromatic N) is 1. The Labute approximate surface area is 108 Å². The Hall–Kier alpha value is -1.95. The van der Waals surface area contributed by atoms with Crippen molar-refractivity contribution in [2.45, 2.75) is 6.04 Å². The van der Waals surface area contributed by atoms with Crippen LogP contribution >= 0.6 is 11.6 Å². The summed E-state index contributed by atoms with van der Waals surface area (Å²) in [5, 5.41) is 3.06. The normalized spacial score (nSPS) is 21.5. The summed E-state index contributed by atoms with van der Waals surface area (Å²) in [5.74, 6) is 1.29. The van der Waals surface area contributed by atoms with Gasteiger partial charge < -0.3 is 20.5 Å². The minimum Gasteiger partial charge on any atom is -0.486 e. The molecule has 0 radical (unpaired) electrons. The lowest BCUT2D eigenvalue weighted by Crippen LogP contribution is -2.28. The van der Waals surface area contributed by atoms with Crippen LogP contribution in [0.5, 0.6) is 11.5 Å². The van der Waals surface area contributed by atoms with Crippen molar-refractivity contribution in [2.75, 3.05) is 13.2 Å². The highest BCUT2D eigenvalue weighted by molar-refractivity contribution is 6.32. The van der Waals surface area contributed by atoms with E-state index in [1.165, 1.54) is 0 Å². The van der Waals surface area contributed by atoms with Gasteiger partial charge in [-0.2, -0.15) is 4.99 Å². The number of carbonyl (C=O) groups excluding carboxylic acids is 1. The van der Waals surface area contributed by atoms with Crippen LogP contribution in [-0.2, 0) is 0 Å². The molecule has 2 heterocycles. The third kappa shape index (κ3) is 1.74. The number of benzene rings is 1. The van der Waals surface area contributed by atoms with Crippen LogP contribution in [0.25, 0.3) is 0 Å². The molecule has 2 amide bonds. The monoisotopic (exact) mass is 267 g/mol. The molecule has 94 valence electrons. The number of fused-ring (bicyclic) bond motifs is 1. The Morgan fingerprint density at radius 2 is 2.17 bits per heavy atom. The molecular weight excluding hydrogens is 258 g/mol. The molecule has 0 fully saturated rings. The zero-order valence-corrected chi connectivity index (χ0v) is 10.0. The molecule has 1 atom stereocenters. The van der Waals surface area contributed by atoms with Gasteiger partial charge in [0.15, 0.2) is 11.5 Å². The summed E-state index contributed by atoms with van der Waals surface area (Å²) in [6, 6.07) is 2.52. The highest BCUT2D eigenvalue weighted by atomic mass is 35.5. The molecule has 2 aliphatic rings. The van der Waals surface area contributed by atoms with Gasteiger partial charge in [0, 0.05) is 0 Å². The fraction of sp³-hybridized carbons (Fsp3) is 0.273. The molecule has 0 aliphatic carbocycles. The van der Waals surface area contributed by atoms with Crippen LogP contribution in [0.1, 0.15) is 11.6 Å². The number of halogens is 1. The van der Waals surface area contributed by atoms with Crippen LogP contribution in [0.2, 0.25) is 5.02 Å². The lowest BCUT2D eigenvalue weighted by molar-refractivity contribution is 0.171. The second kappa shape index (κ2) is 4.06. The molecule has 0 spiro atoms. The van der Waals surface area contributed by atoms with Crippen LogP contribution in [0.4, 0.5) is 4.79 Å². The van der Waals surface area contributed by atoms with Crippen LogP contribution in [0.3, 0.4) is 0 Å². The summed E-state index contributed by atoms with van der Waals surface area (Å²) in [6.45, 7) is 0.934. The number of aliphatic imine (C=N–C) groups is 1. The maximum Gasteiger partial charge on any atom is 0.343 e. The average Bonchev–Trinajstić information content (AvgIpc) is 2.68. The first-order chi connectivity index (χ1) is 8.65. The van der Waals surface area contributed by atoms with Gasteiger partial charge in [-0.1, -0.05) is 11.6 Å². The van der Waals surface area contributed by atoms with E-state index in [0.717, 1.165) is 5.56 Å². The predicted octanol–water partition coefficient (Wildman–Crippen LogP) is 1.23. The number of amidine groups is 1. The summed E-state index contributed by atoms with van der Waals surface area (Å²) in [4.78, 5) is 14.8. The third-order valence-corrected chi connectivity index (χ3v) is 3.03. The smallest absolute Gasteiger partial charge is 0.343 e. The van der Waals surface area contributed by atoms with Crippen molar-refractivity contribution in [3.8, 4) is 11.5 Å². The molecule has 1 aromatic carbocycles. The molecule has 0 bridgehead atoms. The first-order valence-corrected chi connectivity index (χ1v) is 5.76. The second-order valence-electron chi connectivity index (χ2n) is 3.95. The molecule has 3 rings (SSSR count). The lowest BCUT2D eigenvalue weighted by Gasteiger charge is -2.21. The van der Waals surface area contributed by atoms with Crippen molar-refractivity contribution in [1.29, 1.82) is 0 Å². The summed E-state index contributed by atoms with van der Waals surface area (Å²) in [7, 11) is 0. The molecule has 18 heavy (non-hydrogen) atoms. The summed E-state index contributed by atoms with van der Waals surface area (Å²) in [5.41, 5.74) is 6.40. The van der Waals surface area contributed by atoms with E-state index in [0.29, 0.717) is 29.7 Å². The fourth-order valence-electron chi connectivity index (χ4n) is 1.96. The number of rotatable bonds is 1. The van der Waals surface area contributed by atoms with E-state index in [9.17, 15) is 4.79 Å². The van der Waals surface area contributed by atoms with Gasteiger partial charge in [0.05, 0.1) is 5.02 Å². The highest BCUT2D eigenvalue weighted by Crippen LogP contribution is 2.40.